The zero-order chi connectivity index (χ0) is 11.3. The van der Waals surface area contributed by atoms with Crippen molar-refractivity contribution < 1.29 is 9.90 Å². The monoisotopic (exact) mass is 208 g/mol. The number of aromatic nitrogens is 1. The van der Waals surface area contributed by atoms with Crippen LogP contribution in [0.3, 0.4) is 0 Å². The summed E-state index contributed by atoms with van der Waals surface area (Å²) in [5.41, 5.74) is 1.02. The van der Waals surface area contributed by atoms with Gasteiger partial charge in [-0.1, -0.05) is 13.0 Å². The van der Waals surface area contributed by atoms with Gasteiger partial charge in [-0.15, -0.1) is 0 Å². The van der Waals surface area contributed by atoms with Crippen molar-refractivity contribution in [2.45, 2.75) is 19.4 Å². The fourth-order valence-corrected chi connectivity index (χ4v) is 1.73. The van der Waals surface area contributed by atoms with Gasteiger partial charge in [-0.2, -0.15) is 0 Å². The molecule has 0 saturated heterocycles. The number of hydrogen-bond acceptors (Lipinski definition) is 3. The maximum Gasteiger partial charge on any atom is 0.303 e. The van der Waals surface area contributed by atoms with Gasteiger partial charge in [0, 0.05) is 24.9 Å². The number of carboxylic acids is 1. The molecule has 82 valence electrons. The lowest BCUT2D eigenvalue weighted by molar-refractivity contribution is -0.138. The highest BCUT2D eigenvalue weighted by atomic mass is 16.4. The molecule has 0 spiro atoms. The molecule has 1 rings (SSSR count). The first kappa shape index (κ1) is 11.7. The van der Waals surface area contributed by atoms with Crippen LogP contribution in [-0.4, -0.2) is 23.1 Å². The number of nitrogens with one attached hydrogen (secondary N) is 1. The van der Waals surface area contributed by atoms with Crippen LogP contribution < -0.4 is 5.32 Å². The van der Waals surface area contributed by atoms with Crippen molar-refractivity contribution in [3.63, 3.8) is 0 Å². The van der Waals surface area contributed by atoms with E-state index in [-0.39, 0.29) is 18.4 Å². The van der Waals surface area contributed by atoms with Crippen molar-refractivity contribution in [1.82, 2.24) is 10.3 Å². The number of aliphatic carboxylic acids is 1. The normalized spacial score (nSPS) is 14.5. The Kier molecular flexibility index (Phi) is 4.24. The Labute approximate surface area is 89.3 Å². The average molecular weight is 208 g/mol. The van der Waals surface area contributed by atoms with Gasteiger partial charge in [0.2, 0.25) is 0 Å². The van der Waals surface area contributed by atoms with Crippen molar-refractivity contribution in [3.05, 3.63) is 30.1 Å². The van der Waals surface area contributed by atoms with Gasteiger partial charge in [0.1, 0.15) is 0 Å². The van der Waals surface area contributed by atoms with Gasteiger partial charge in [-0.25, -0.2) is 0 Å². The lowest BCUT2D eigenvalue weighted by atomic mass is 9.93. The number of carbonyl (C=O) groups is 1. The third-order valence-electron chi connectivity index (χ3n) is 2.42. The molecule has 15 heavy (non-hydrogen) atoms. The maximum absolute atomic E-state index is 10.6. The number of rotatable bonds is 5. The van der Waals surface area contributed by atoms with E-state index in [1.807, 2.05) is 26.1 Å². The van der Waals surface area contributed by atoms with Gasteiger partial charge in [0.25, 0.3) is 0 Å². The molecular formula is C11H16N2O2. The minimum atomic E-state index is -0.772. The fourth-order valence-electron chi connectivity index (χ4n) is 1.73. The summed E-state index contributed by atoms with van der Waals surface area (Å²) in [5.74, 6) is -0.733. The van der Waals surface area contributed by atoms with Gasteiger partial charge in [0.15, 0.2) is 0 Å². The largest absolute Gasteiger partial charge is 0.481 e. The van der Waals surface area contributed by atoms with E-state index in [1.54, 1.807) is 12.4 Å². The molecule has 4 heteroatoms. The molecule has 0 amide bonds. The van der Waals surface area contributed by atoms with Crippen LogP contribution in [0.1, 0.15) is 24.9 Å². The Bertz CT molecular complexity index is 314. The zero-order valence-corrected chi connectivity index (χ0v) is 8.97. The molecule has 0 saturated carbocycles. The van der Waals surface area contributed by atoms with Crippen LogP contribution >= 0.6 is 0 Å². The summed E-state index contributed by atoms with van der Waals surface area (Å²) >= 11 is 0. The second-order valence-corrected chi connectivity index (χ2v) is 3.63. The predicted molar refractivity (Wildman–Crippen MR) is 57.5 cm³/mol. The third-order valence-corrected chi connectivity index (χ3v) is 2.42. The number of carboxylic acid groups (broad SMARTS) is 1. The molecule has 2 unspecified atom stereocenters. The topological polar surface area (TPSA) is 62.2 Å². The van der Waals surface area contributed by atoms with E-state index in [2.05, 4.69) is 10.3 Å². The van der Waals surface area contributed by atoms with E-state index in [0.29, 0.717) is 0 Å². The van der Waals surface area contributed by atoms with Gasteiger partial charge in [-0.05, 0) is 24.6 Å². The minimum absolute atomic E-state index is 0.0369. The van der Waals surface area contributed by atoms with Crippen molar-refractivity contribution >= 4 is 5.97 Å². The van der Waals surface area contributed by atoms with Crippen molar-refractivity contribution in [3.8, 4) is 0 Å². The molecule has 0 bridgehead atoms. The summed E-state index contributed by atoms with van der Waals surface area (Å²) in [6.07, 6.45) is 3.62. The second-order valence-electron chi connectivity index (χ2n) is 3.63. The Balaban J connectivity index is 2.75. The van der Waals surface area contributed by atoms with E-state index < -0.39 is 5.97 Å². The molecule has 0 aliphatic rings. The summed E-state index contributed by atoms with van der Waals surface area (Å²) in [6.45, 7) is 1.92. The Hall–Kier alpha value is -1.42. The average Bonchev–Trinajstić information content (AvgIpc) is 2.19. The van der Waals surface area contributed by atoms with Crippen LogP contribution in [0, 0.1) is 5.92 Å². The molecule has 1 heterocycles. The minimum Gasteiger partial charge on any atom is -0.481 e. The molecule has 2 atom stereocenters. The fraction of sp³-hybridized carbons (Fsp3) is 0.455. The quantitative estimate of drug-likeness (QED) is 0.768. The first-order valence-electron chi connectivity index (χ1n) is 4.94. The van der Waals surface area contributed by atoms with Crippen LogP contribution in [0.15, 0.2) is 24.5 Å². The van der Waals surface area contributed by atoms with Crippen molar-refractivity contribution in [2.24, 2.45) is 5.92 Å². The smallest absolute Gasteiger partial charge is 0.303 e. The Morgan fingerprint density at radius 3 is 2.87 bits per heavy atom. The summed E-state index contributed by atoms with van der Waals surface area (Å²) < 4.78 is 0. The maximum atomic E-state index is 10.6. The molecular weight excluding hydrogens is 192 g/mol. The van der Waals surface area contributed by atoms with Gasteiger partial charge >= 0.3 is 5.97 Å². The molecule has 0 aliphatic carbocycles. The summed E-state index contributed by atoms with van der Waals surface area (Å²) in [6, 6.07) is 3.84. The standard InChI is InChI=1S/C11H16N2O2/c1-8(6-10(14)15)11(12-2)9-4-3-5-13-7-9/h3-5,7-8,11-12H,6H2,1-2H3,(H,14,15). The van der Waals surface area contributed by atoms with Crippen LogP contribution in [0.25, 0.3) is 0 Å². The van der Waals surface area contributed by atoms with Crippen molar-refractivity contribution in [2.75, 3.05) is 7.05 Å². The van der Waals surface area contributed by atoms with Gasteiger partial charge in [0.05, 0.1) is 0 Å². The van der Waals surface area contributed by atoms with E-state index >= 15 is 0 Å². The van der Waals surface area contributed by atoms with Crippen LogP contribution in [0.5, 0.6) is 0 Å². The SMILES string of the molecule is CNC(c1cccnc1)C(C)CC(=O)O. The lowest BCUT2D eigenvalue weighted by Crippen LogP contribution is -2.25. The predicted octanol–water partition coefficient (Wildman–Crippen LogP) is 1.45. The highest BCUT2D eigenvalue weighted by Crippen LogP contribution is 2.23. The third kappa shape index (κ3) is 3.32. The van der Waals surface area contributed by atoms with Crippen LogP contribution in [0.4, 0.5) is 0 Å². The number of pyridine rings is 1. The summed E-state index contributed by atoms with van der Waals surface area (Å²) in [4.78, 5) is 14.6. The molecule has 4 nitrogen and oxygen atoms in total. The van der Waals surface area contributed by atoms with E-state index in [0.717, 1.165) is 5.56 Å². The molecule has 0 fully saturated rings. The second kappa shape index (κ2) is 5.46. The Morgan fingerprint density at radius 1 is 1.67 bits per heavy atom. The van der Waals surface area contributed by atoms with Gasteiger partial charge < -0.3 is 10.4 Å². The highest BCUT2D eigenvalue weighted by Gasteiger charge is 2.19. The molecule has 0 aliphatic heterocycles. The number of nitrogens with zero attached hydrogens (tertiary/aromatic N) is 1. The highest BCUT2D eigenvalue weighted by molar-refractivity contribution is 5.67. The Morgan fingerprint density at radius 2 is 2.40 bits per heavy atom. The van der Waals surface area contributed by atoms with E-state index in [4.69, 9.17) is 5.11 Å². The zero-order valence-electron chi connectivity index (χ0n) is 8.97. The van der Waals surface area contributed by atoms with E-state index in [9.17, 15) is 4.79 Å². The first-order chi connectivity index (χ1) is 7.15. The van der Waals surface area contributed by atoms with Gasteiger partial charge in [-0.3, -0.25) is 9.78 Å². The first-order valence-corrected chi connectivity index (χ1v) is 4.94. The molecule has 2 N–H and O–H groups in total. The molecule has 1 aromatic rings. The van der Waals surface area contributed by atoms with E-state index in [1.165, 1.54) is 0 Å². The molecule has 0 radical (unpaired) electrons. The van der Waals surface area contributed by atoms with Crippen molar-refractivity contribution in [1.29, 1.82) is 0 Å². The summed E-state index contributed by atoms with van der Waals surface area (Å²) in [7, 11) is 1.83. The summed E-state index contributed by atoms with van der Waals surface area (Å²) in [5, 5.41) is 11.9. The van der Waals surface area contributed by atoms with Crippen LogP contribution in [0.2, 0.25) is 0 Å². The number of hydrogen-bond donors (Lipinski definition) is 2. The lowest BCUT2D eigenvalue weighted by Gasteiger charge is -2.22. The van der Waals surface area contributed by atoms with Crippen LogP contribution in [-0.2, 0) is 4.79 Å². The molecule has 0 aromatic carbocycles. The molecule has 1 aromatic heterocycles.